The van der Waals surface area contributed by atoms with E-state index in [0.717, 1.165) is 15.7 Å². The molecule has 0 atom stereocenters. The van der Waals surface area contributed by atoms with Gasteiger partial charge in [-0.15, -0.1) is 5.10 Å². The number of amides is 1. The number of benzene rings is 1. The Balaban J connectivity index is 1.96. The number of nitrogens with one attached hydrogen (secondary N) is 2. The van der Waals surface area contributed by atoms with E-state index < -0.39 is 0 Å². The Hall–Kier alpha value is -1.54. The fourth-order valence-corrected chi connectivity index (χ4v) is 2.74. The molecule has 106 valence electrons. The molecule has 0 saturated heterocycles. The molecule has 0 aliphatic rings. The lowest BCUT2D eigenvalue weighted by atomic mass is 10.2. The Bertz CT molecular complexity index is 695. The SMILES string of the molecule is Cc1cc(Br)ccc1NC(=O)CSc1n[nH]c(=O)n1C. The minimum absolute atomic E-state index is 0.143. The van der Waals surface area contributed by atoms with Gasteiger partial charge in [0.25, 0.3) is 0 Å². The molecule has 0 radical (unpaired) electrons. The summed E-state index contributed by atoms with van der Waals surface area (Å²) in [4.78, 5) is 23.1. The van der Waals surface area contributed by atoms with E-state index in [9.17, 15) is 9.59 Å². The van der Waals surface area contributed by atoms with Gasteiger partial charge in [-0.3, -0.25) is 9.36 Å². The Labute approximate surface area is 128 Å². The van der Waals surface area contributed by atoms with Gasteiger partial charge >= 0.3 is 5.69 Å². The quantitative estimate of drug-likeness (QED) is 0.820. The van der Waals surface area contributed by atoms with E-state index in [2.05, 4.69) is 31.4 Å². The summed E-state index contributed by atoms with van der Waals surface area (Å²) in [7, 11) is 1.60. The van der Waals surface area contributed by atoms with Crippen LogP contribution in [0, 0.1) is 6.92 Å². The molecule has 1 heterocycles. The molecule has 0 fully saturated rings. The van der Waals surface area contributed by atoms with Gasteiger partial charge in [-0.25, -0.2) is 9.89 Å². The zero-order valence-electron chi connectivity index (χ0n) is 10.9. The molecule has 0 saturated carbocycles. The van der Waals surface area contributed by atoms with Crippen LogP contribution in [0.5, 0.6) is 0 Å². The van der Waals surface area contributed by atoms with E-state index in [1.807, 2.05) is 25.1 Å². The zero-order chi connectivity index (χ0) is 14.7. The van der Waals surface area contributed by atoms with Crippen molar-refractivity contribution >= 4 is 39.3 Å². The summed E-state index contributed by atoms with van der Waals surface area (Å²) in [6, 6.07) is 5.64. The molecule has 2 N–H and O–H groups in total. The number of carbonyl (C=O) groups excluding carboxylic acids is 1. The van der Waals surface area contributed by atoms with Gasteiger partial charge in [-0.1, -0.05) is 27.7 Å². The van der Waals surface area contributed by atoms with Crippen molar-refractivity contribution in [2.24, 2.45) is 7.05 Å². The van der Waals surface area contributed by atoms with E-state index >= 15 is 0 Å². The highest BCUT2D eigenvalue weighted by molar-refractivity contribution is 9.10. The Morgan fingerprint density at radius 3 is 2.90 bits per heavy atom. The van der Waals surface area contributed by atoms with Crippen molar-refractivity contribution < 1.29 is 4.79 Å². The summed E-state index contributed by atoms with van der Waals surface area (Å²) in [5, 5.41) is 9.46. The fourth-order valence-electron chi connectivity index (χ4n) is 1.55. The molecular formula is C12H13BrN4O2S. The van der Waals surface area contributed by atoms with E-state index in [1.165, 1.54) is 16.3 Å². The number of anilines is 1. The molecule has 0 aliphatic carbocycles. The van der Waals surface area contributed by atoms with E-state index in [4.69, 9.17) is 0 Å². The van der Waals surface area contributed by atoms with Crippen LogP contribution >= 0.6 is 27.7 Å². The lowest BCUT2D eigenvalue weighted by molar-refractivity contribution is -0.113. The van der Waals surface area contributed by atoms with Crippen LogP contribution in [0.3, 0.4) is 0 Å². The average Bonchev–Trinajstić information content (AvgIpc) is 2.71. The van der Waals surface area contributed by atoms with Crippen molar-refractivity contribution in [1.29, 1.82) is 0 Å². The standard InChI is InChI=1S/C12H13BrN4O2S/c1-7-5-8(13)3-4-9(7)14-10(18)6-20-12-16-15-11(19)17(12)2/h3-5H,6H2,1-2H3,(H,14,18)(H,15,19). The van der Waals surface area contributed by atoms with Crippen molar-refractivity contribution in [3.63, 3.8) is 0 Å². The van der Waals surface area contributed by atoms with Crippen LogP contribution in [0.1, 0.15) is 5.56 Å². The highest BCUT2D eigenvalue weighted by Gasteiger charge is 2.09. The maximum absolute atomic E-state index is 11.9. The molecule has 20 heavy (non-hydrogen) atoms. The number of nitrogens with zero attached hydrogens (tertiary/aromatic N) is 2. The van der Waals surface area contributed by atoms with Gasteiger partial charge in [0.2, 0.25) is 5.91 Å². The monoisotopic (exact) mass is 356 g/mol. The average molecular weight is 357 g/mol. The topological polar surface area (TPSA) is 79.8 Å². The predicted molar refractivity (Wildman–Crippen MR) is 82.1 cm³/mol. The first kappa shape index (κ1) is 14.9. The third-order valence-electron chi connectivity index (χ3n) is 2.63. The summed E-state index contributed by atoms with van der Waals surface area (Å²) in [6.07, 6.45) is 0. The summed E-state index contributed by atoms with van der Waals surface area (Å²) >= 11 is 4.58. The Morgan fingerprint density at radius 1 is 1.55 bits per heavy atom. The van der Waals surface area contributed by atoms with Crippen molar-refractivity contribution in [3.05, 3.63) is 38.7 Å². The number of rotatable bonds is 4. The molecule has 6 nitrogen and oxygen atoms in total. The van der Waals surface area contributed by atoms with Gasteiger partial charge in [0.15, 0.2) is 5.16 Å². The van der Waals surface area contributed by atoms with Crippen LogP contribution < -0.4 is 11.0 Å². The molecular weight excluding hydrogens is 344 g/mol. The van der Waals surface area contributed by atoms with Crippen LogP contribution in [0.4, 0.5) is 5.69 Å². The molecule has 2 aromatic rings. The van der Waals surface area contributed by atoms with Gasteiger partial charge in [-0.05, 0) is 30.7 Å². The molecule has 2 rings (SSSR count). The van der Waals surface area contributed by atoms with Crippen molar-refractivity contribution in [2.75, 3.05) is 11.1 Å². The van der Waals surface area contributed by atoms with Gasteiger partial charge in [-0.2, -0.15) is 0 Å². The number of carbonyl (C=O) groups is 1. The Kier molecular flexibility index (Phi) is 4.66. The molecule has 0 spiro atoms. The molecule has 8 heteroatoms. The summed E-state index contributed by atoms with van der Waals surface area (Å²) in [6.45, 7) is 1.92. The van der Waals surface area contributed by atoms with E-state index in [-0.39, 0.29) is 17.3 Å². The van der Waals surface area contributed by atoms with Crippen LogP contribution in [0.15, 0.2) is 32.6 Å². The second-order valence-electron chi connectivity index (χ2n) is 4.17. The smallest absolute Gasteiger partial charge is 0.325 e. The minimum Gasteiger partial charge on any atom is -0.325 e. The molecule has 0 bridgehead atoms. The second-order valence-corrected chi connectivity index (χ2v) is 6.02. The number of aromatic amines is 1. The first-order chi connectivity index (χ1) is 9.47. The number of aromatic nitrogens is 3. The van der Waals surface area contributed by atoms with Crippen LogP contribution in [-0.2, 0) is 11.8 Å². The van der Waals surface area contributed by atoms with E-state index in [0.29, 0.717) is 5.16 Å². The summed E-state index contributed by atoms with van der Waals surface area (Å²) in [5.41, 5.74) is 1.45. The minimum atomic E-state index is -0.295. The maximum Gasteiger partial charge on any atom is 0.343 e. The van der Waals surface area contributed by atoms with Crippen LogP contribution in [0.2, 0.25) is 0 Å². The van der Waals surface area contributed by atoms with Crippen molar-refractivity contribution in [2.45, 2.75) is 12.1 Å². The molecule has 1 amide bonds. The fraction of sp³-hybridized carbons (Fsp3) is 0.250. The molecule has 0 aliphatic heterocycles. The number of hydrogen-bond acceptors (Lipinski definition) is 4. The number of hydrogen-bond donors (Lipinski definition) is 2. The van der Waals surface area contributed by atoms with E-state index in [1.54, 1.807) is 7.05 Å². The molecule has 0 unspecified atom stereocenters. The van der Waals surface area contributed by atoms with Crippen LogP contribution in [-0.4, -0.2) is 26.4 Å². The first-order valence-electron chi connectivity index (χ1n) is 5.77. The summed E-state index contributed by atoms with van der Waals surface area (Å²) in [5.74, 6) is 0.0454. The second kappa shape index (κ2) is 6.27. The third kappa shape index (κ3) is 3.51. The van der Waals surface area contributed by atoms with Gasteiger partial charge in [0.1, 0.15) is 0 Å². The van der Waals surface area contributed by atoms with Gasteiger partial charge in [0, 0.05) is 17.2 Å². The first-order valence-corrected chi connectivity index (χ1v) is 7.55. The summed E-state index contributed by atoms with van der Waals surface area (Å²) < 4.78 is 2.33. The maximum atomic E-state index is 11.9. The lowest BCUT2D eigenvalue weighted by Gasteiger charge is -2.08. The largest absolute Gasteiger partial charge is 0.343 e. The zero-order valence-corrected chi connectivity index (χ0v) is 13.3. The normalized spacial score (nSPS) is 10.6. The number of halogens is 1. The predicted octanol–water partition coefficient (Wildman–Crippen LogP) is 1.91. The number of H-pyrrole nitrogens is 1. The van der Waals surface area contributed by atoms with Crippen molar-refractivity contribution in [3.8, 4) is 0 Å². The lowest BCUT2D eigenvalue weighted by Crippen LogP contribution is -2.16. The number of thioether (sulfide) groups is 1. The van der Waals surface area contributed by atoms with Gasteiger partial charge < -0.3 is 5.32 Å². The highest BCUT2D eigenvalue weighted by atomic mass is 79.9. The molecule has 1 aromatic heterocycles. The van der Waals surface area contributed by atoms with Crippen molar-refractivity contribution in [1.82, 2.24) is 14.8 Å². The highest BCUT2D eigenvalue weighted by Crippen LogP contribution is 2.20. The van der Waals surface area contributed by atoms with Gasteiger partial charge in [0.05, 0.1) is 5.75 Å². The molecule has 1 aromatic carbocycles. The number of aryl methyl sites for hydroxylation is 1. The third-order valence-corrected chi connectivity index (χ3v) is 4.16. The van der Waals surface area contributed by atoms with Crippen LogP contribution in [0.25, 0.3) is 0 Å². The Morgan fingerprint density at radius 2 is 2.30 bits per heavy atom.